The van der Waals surface area contributed by atoms with Gasteiger partial charge in [-0.05, 0) is 19.1 Å². The first-order chi connectivity index (χ1) is 8.84. The van der Waals surface area contributed by atoms with E-state index in [4.69, 9.17) is 5.73 Å². The number of benzene rings is 1. The van der Waals surface area contributed by atoms with Crippen LogP contribution in [0, 0.1) is 6.92 Å². The molecule has 0 aliphatic rings. The molecule has 6 nitrogen and oxygen atoms in total. The van der Waals surface area contributed by atoms with E-state index in [0.29, 0.717) is 11.5 Å². The SMILES string of the molecule is Cc1cn(-c2ccccc2S(=O)(=O)N(C)C)nc1N. The van der Waals surface area contributed by atoms with Gasteiger partial charge in [-0.2, -0.15) is 5.10 Å². The predicted molar refractivity (Wildman–Crippen MR) is 73.6 cm³/mol. The van der Waals surface area contributed by atoms with Crippen molar-refractivity contribution >= 4 is 15.8 Å². The van der Waals surface area contributed by atoms with E-state index < -0.39 is 10.0 Å². The lowest BCUT2D eigenvalue weighted by atomic mass is 10.3. The average molecular weight is 280 g/mol. The summed E-state index contributed by atoms with van der Waals surface area (Å²) < 4.78 is 27.2. The van der Waals surface area contributed by atoms with Gasteiger partial charge in [0.15, 0.2) is 0 Å². The van der Waals surface area contributed by atoms with Crippen LogP contribution in [0.4, 0.5) is 5.82 Å². The number of aromatic nitrogens is 2. The van der Waals surface area contributed by atoms with Gasteiger partial charge in [0.1, 0.15) is 10.7 Å². The Kier molecular flexibility index (Phi) is 3.34. The van der Waals surface area contributed by atoms with E-state index in [1.807, 2.05) is 6.92 Å². The van der Waals surface area contributed by atoms with Crippen LogP contribution in [0.1, 0.15) is 5.56 Å². The highest BCUT2D eigenvalue weighted by Crippen LogP contribution is 2.23. The lowest BCUT2D eigenvalue weighted by Gasteiger charge is -2.14. The fourth-order valence-corrected chi connectivity index (χ4v) is 2.73. The molecule has 102 valence electrons. The van der Waals surface area contributed by atoms with Crippen molar-refractivity contribution in [3.8, 4) is 5.69 Å². The molecular formula is C12H16N4O2S. The van der Waals surface area contributed by atoms with Crippen LogP contribution in [0.3, 0.4) is 0 Å². The Bertz CT molecular complexity index is 685. The molecule has 0 spiro atoms. The number of nitrogens with zero attached hydrogens (tertiary/aromatic N) is 3. The number of rotatable bonds is 3. The van der Waals surface area contributed by atoms with Crippen LogP contribution in [0.2, 0.25) is 0 Å². The molecular weight excluding hydrogens is 264 g/mol. The largest absolute Gasteiger partial charge is 0.382 e. The molecule has 0 unspecified atom stereocenters. The van der Waals surface area contributed by atoms with Crippen LogP contribution in [0.5, 0.6) is 0 Å². The Labute approximate surface area is 112 Å². The number of hydrogen-bond acceptors (Lipinski definition) is 4. The number of anilines is 1. The zero-order valence-electron chi connectivity index (χ0n) is 11.0. The molecule has 0 bridgehead atoms. The van der Waals surface area contributed by atoms with Crippen molar-refractivity contribution < 1.29 is 8.42 Å². The molecule has 0 saturated heterocycles. The standard InChI is InChI=1S/C12H16N4O2S/c1-9-8-16(14-12(9)13)10-6-4-5-7-11(10)19(17,18)15(2)3/h4-8H,1-3H3,(H2,13,14). The average Bonchev–Trinajstić information content (AvgIpc) is 2.69. The lowest BCUT2D eigenvalue weighted by Crippen LogP contribution is -2.23. The van der Waals surface area contributed by atoms with Gasteiger partial charge < -0.3 is 5.73 Å². The molecule has 2 N–H and O–H groups in total. The number of hydrogen-bond donors (Lipinski definition) is 1. The van der Waals surface area contributed by atoms with E-state index in [2.05, 4.69) is 5.10 Å². The Morgan fingerprint density at radius 1 is 1.26 bits per heavy atom. The second kappa shape index (κ2) is 4.67. The van der Waals surface area contributed by atoms with Crippen LogP contribution in [0.25, 0.3) is 5.69 Å². The predicted octanol–water partition coefficient (Wildman–Crippen LogP) is 1.01. The first-order valence-corrected chi connectivity index (χ1v) is 7.11. The second-order valence-corrected chi connectivity index (χ2v) is 6.52. The molecule has 1 heterocycles. The Hall–Kier alpha value is -1.86. The highest BCUT2D eigenvalue weighted by Gasteiger charge is 2.22. The monoisotopic (exact) mass is 280 g/mol. The van der Waals surface area contributed by atoms with Crippen molar-refractivity contribution in [3.63, 3.8) is 0 Å². The fraction of sp³-hybridized carbons (Fsp3) is 0.250. The summed E-state index contributed by atoms with van der Waals surface area (Å²) in [6.45, 7) is 1.82. The molecule has 0 saturated carbocycles. The van der Waals surface area contributed by atoms with Gasteiger partial charge in [0.25, 0.3) is 0 Å². The number of aryl methyl sites for hydroxylation is 1. The molecule has 7 heteroatoms. The molecule has 2 rings (SSSR count). The minimum atomic E-state index is -3.53. The van der Waals surface area contributed by atoms with Gasteiger partial charge in [-0.1, -0.05) is 12.1 Å². The lowest BCUT2D eigenvalue weighted by molar-refractivity contribution is 0.520. The maximum absolute atomic E-state index is 12.3. The normalized spacial score (nSPS) is 12.0. The van der Waals surface area contributed by atoms with Crippen molar-refractivity contribution in [3.05, 3.63) is 36.0 Å². The van der Waals surface area contributed by atoms with Gasteiger partial charge in [-0.25, -0.2) is 17.4 Å². The molecule has 1 aromatic carbocycles. The summed E-state index contributed by atoms with van der Waals surface area (Å²) in [7, 11) is -0.538. The van der Waals surface area contributed by atoms with E-state index in [1.165, 1.54) is 23.1 Å². The molecule has 0 radical (unpaired) electrons. The summed E-state index contributed by atoms with van der Waals surface area (Å²) in [6, 6.07) is 6.69. The third kappa shape index (κ3) is 2.34. The molecule has 0 fully saturated rings. The highest BCUT2D eigenvalue weighted by molar-refractivity contribution is 7.89. The van der Waals surface area contributed by atoms with Crippen LogP contribution >= 0.6 is 0 Å². The molecule has 0 amide bonds. The Balaban J connectivity index is 2.67. The van der Waals surface area contributed by atoms with Crippen molar-refractivity contribution in [2.24, 2.45) is 0 Å². The van der Waals surface area contributed by atoms with Gasteiger partial charge in [-0.3, -0.25) is 0 Å². The summed E-state index contributed by atoms with van der Waals surface area (Å²) in [5, 5.41) is 4.13. The summed E-state index contributed by atoms with van der Waals surface area (Å²) >= 11 is 0. The topological polar surface area (TPSA) is 81.2 Å². The van der Waals surface area contributed by atoms with Gasteiger partial charge >= 0.3 is 0 Å². The molecule has 0 aliphatic carbocycles. The Morgan fingerprint density at radius 3 is 2.42 bits per heavy atom. The van der Waals surface area contributed by atoms with Crippen LogP contribution in [-0.4, -0.2) is 36.6 Å². The van der Waals surface area contributed by atoms with Gasteiger partial charge in [0.2, 0.25) is 10.0 Å². The van der Waals surface area contributed by atoms with Gasteiger partial charge in [-0.15, -0.1) is 0 Å². The summed E-state index contributed by atoms with van der Waals surface area (Å²) in [5.74, 6) is 0.386. The van der Waals surface area contributed by atoms with Crippen LogP contribution < -0.4 is 5.73 Å². The summed E-state index contributed by atoms with van der Waals surface area (Å²) in [5.41, 5.74) is 6.99. The van der Waals surface area contributed by atoms with E-state index in [-0.39, 0.29) is 4.90 Å². The third-order valence-corrected chi connectivity index (χ3v) is 4.67. The first kappa shape index (κ1) is 13.6. The smallest absolute Gasteiger partial charge is 0.244 e. The quantitative estimate of drug-likeness (QED) is 0.910. The summed E-state index contributed by atoms with van der Waals surface area (Å²) in [4.78, 5) is 0.197. The van der Waals surface area contributed by atoms with E-state index in [1.54, 1.807) is 30.5 Å². The Morgan fingerprint density at radius 2 is 1.89 bits per heavy atom. The number of sulfonamides is 1. The third-order valence-electron chi connectivity index (χ3n) is 2.81. The van der Waals surface area contributed by atoms with Gasteiger partial charge in [0, 0.05) is 25.9 Å². The van der Waals surface area contributed by atoms with E-state index in [9.17, 15) is 8.42 Å². The highest BCUT2D eigenvalue weighted by atomic mass is 32.2. The first-order valence-electron chi connectivity index (χ1n) is 5.67. The van der Waals surface area contributed by atoms with Crippen molar-refractivity contribution in [1.82, 2.24) is 14.1 Å². The maximum atomic E-state index is 12.3. The molecule has 0 atom stereocenters. The van der Waals surface area contributed by atoms with E-state index >= 15 is 0 Å². The van der Waals surface area contributed by atoms with Crippen LogP contribution in [-0.2, 0) is 10.0 Å². The zero-order chi connectivity index (χ0) is 14.2. The molecule has 0 aliphatic heterocycles. The number of nitrogens with two attached hydrogens (primary N) is 1. The minimum Gasteiger partial charge on any atom is -0.382 e. The second-order valence-electron chi connectivity index (χ2n) is 4.40. The molecule has 2 aromatic rings. The van der Waals surface area contributed by atoms with Crippen molar-refractivity contribution in [2.45, 2.75) is 11.8 Å². The summed E-state index contributed by atoms with van der Waals surface area (Å²) in [6.07, 6.45) is 1.71. The fourth-order valence-electron chi connectivity index (χ4n) is 1.66. The van der Waals surface area contributed by atoms with Gasteiger partial charge in [0.05, 0.1) is 5.69 Å². The number of nitrogen functional groups attached to an aromatic ring is 1. The van der Waals surface area contributed by atoms with E-state index in [0.717, 1.165) is 5.56 Å². The van der Waals surface area contributed by atoms with Crippen molar-refractivity contribution in [1.29, 1.82) is 0 Å². The zero-order valence-corrected chi connectivity index (χ0v) is 11.8. The minimum absolute atomic E-state index is 0.197. The van der Waals surface area contributed by atoms with Crippen molar-refractivity contribution in [2.75, 3.05) is 19.8 Å². The van der Waals surface area contributed by atoms with Crippen LogP contribution in [0.15, 0.2) is 35.4 Å². The maximum Gasteiger partial charge on any atom is 0.244 e. The molecule has 19 heavy (non-hydrogen) atoms. The molecule has 1 aromatic heterocycles. The number of para-hydroxylation sites is 1.